The van der Waals surface area contributed by atoms with Crippen molar-refractivity contribution in [1.29, 1.82) is 0 Å². The monoisotopic (exact) mass is 327 g/mol. The van der Waals surface area contributed by atoms with Crippen LogP contribution < -0.4 is 5.32 Å². The zero-order chi connectivity index (χ0) is 16.7. The van der Waals surface area contributed by atoms with Gasteiger partial charge in [0.15, 0.2) is 17.3 Å². The van der Waals surface area contributed by atoms with Gasteiger partial charge >= 0.3 is 0 Å². The van der Waals surface area contributed by atoms with E-state index in [0.29, 0.717) is 16.5 Å². The molecule has 0 aliphatic heterocycles. The lowest BCUT2D eigenvalue weighted by atomic mass is 9.93. The van der Waals surface area contributed by atoms with Crippen LogP contribution in [-0.2, 0) is 0 Å². The lowest BCUT2D eigenvalue weighted by molar-refractivity contribution is 0.0913. The minimum absolute atomic E-state index is 0.156. The fourth-order valence-corrected chi connectivity index (χ4v) is 2.89. The van der Waals surface area contributed by atoms with E-state index in [2.05, 4.69) is 15.5 Å². The number of amides is 1. The molecule has 2 N–H and O–H groups in total. The summed E-state index contributed by atoms with van der Waals surface area (Å²) in [4.78, 5) is 12.4. The Morgan fingerprint density at radius 2 is 2.04 bits per heavy atom. The maximum absolute atomic E-state index is 14.0. The van der Waals surface area contributed by atoms with Crippen LogP contribution in [0.15, 0.2) is 36.4 Å². The Morgan fingerprint density at radius 1 is 1.21 bits per heavy atom. The quantitative estimate of drug-likeness (QED) is 0.769. The van der Waals surface area contributed by atoms with E-state index in [4.69, 9.17) is 0 Å². The van der Waals surface area contributed by atoms with Crippen LogP contribution in [0.2, 0.25) is 0 Å². The van der Waals surface area contributed by atoms with Crippen molar-refractivity contribution in [2.75, 3.05) is 0 Å². The summed E-state index contributed by atoms with van der Waals surface area (Å²) >= 11 is 0. The summed E-state index contributed by atoms with van der Waals surface area (Å²) in [5, 5.41) is 10.4. The number of aromatic nitrogens is 2. The van der Waals surface area contributed by atoms with Crippen molar-refractivity contribution >= 4 is 16.8 Å². The van der Waals surface area contributed by atoms with Crippen LogP contribution in [-0.4, -0.2) is 22.1 Å². The van der Waals surface area contributed by atoms with E-state index in [9.17, 15) is 13.6 Å². The molecule has 1 saturated carbocycles. The summed E-state index contributed by atoms with van der Waals surface area (Å²) in [7, 11) is 0. The Bertz CT molecular complexity index is 931. The number of hydrogen-bond donors (Lipinski definition) is 2. The van der Waals surface area contributed by atoms with Crippen molar-refractivity contribution in [3.8, 4) is 11.1 Å². The molecule has 4 rings (SSSR count). The lowest BCUT2D eigenvalue weighted by Gasteiger charge is -2.25. The van der Waals surface area contributed by atoms with Crippen molar-refractivity contribution in [3.05, 3.63) is 53.7 Å². The molecule has 0 bridgehead atoms. The first kappa shape index (κ1) is 14.8. The normalized spacial score (nSPS) is 14.6. The molecule has 2 aromatic carbocycles. The summed E-state index contributed by atoms with van der Waals surface area (Å²) in [6.45, 7) is 0. The van der Waals surface area contributed by atoms with E-state index in [1.807, 2.05) is 0 Å². The molecule has 6 heteroatoms. The van der Waals surface area contributed by atoms with Crippen molar-refractivity contribution in [3.63, 3.8) is 0 Å². The van der Waals surface area contributed by atoms with E-state index >= 15 is 0 Å². The minimum Gasteiger partial charge on any atom is -0.348 e. The van der Waals surface area contributed by atoms with Crippen molar-refractivity contribution in [2.24, 2.45) is 0 Å². The van der Waals surface area contributed by atoms with Crippen molar-refractivity contribution < 1.29 is 13.6 Å². The first-order valence-corrected chi connectivity index (χ1v) is 7.87. The van der Waals surface area contributed by atoms with E-state index in [0.717, 1.165) is 25.3 Å². The number of benzene rings is 2. The van der Waals surface area contributed by atoms with Crippen LogP contribution in [0, 0.1) is 11.6 Å². The van der Waals surface area contributed by atoms with Gasteiger partial charge in [-0.3, -0.25) is 9.89 Å². The second-order valence-corrected chi connectivity index (χ2v) is 6.04. The largest absolute Gasteiger partial charge is 0.348 e. The molecule has 0 saturated heterocycles. The molecule has 4 nitrogen and oxygen atoms in total. The molecule has 1 fully saturated rings. The van der Waals surface area contributed by atoms with Gasteiger partial charge in [-0.15, -0.1) is 0 Å². The molecule has 1 aliphatic rings. The number of aromatic amines is 1. The lowest BCUT2D eigenvalue weighted by Crippen LogP contribution is -2.39. The SMILES string of the molecule is O=C(NC1CCC1)c1n[nH]c2ccc(-c3cccc(F)c3F)cc12. The third kappa shape index (κ3) is 2.44. The van der Waals surface area contributed by atoms with Gasteiger partial charge in [-0.1, -0.05) is 18.2 Å². The van der Waals surface area contributed by atoms with Gasteiger partial charge in [0.25, 0.3) is 5.91 Å². The summed E-state index contributed by atoms with van der Waals surface area (Å²) in [6, 6.07) is 9.28. The average Bonchev–Trinajstić information content (AvgIpc) is 2.96. The van der Waals surface area contributed by atoms with Gasteiger partial charge in [-0.05, 0) is 43.0 Å². The maximum Gasteiger partial charge on any atom is 0.272 e. The molecule has 0 atom stereocenters. The Labute approximate surface area is 136 Å². The molecule has 0 unspecified atom stereocenters. The van der Waals surface area contributed by atoms with Gasteiger partial charge in [0.1, 0.15) is 0 Å². The van der Waals surface area contributed by atoms with Crippen LogP contribution >= 0.6 is 0 Å². The number of nitrogens with one attached hydrogen (secondary N) is 2. The first-order valence-electron chi connectivity index (χ1n) is 7.87. The van der Waals surface area contributed by atoms with Gasteiger partial charge in [-0.2, -0.15) is 5.10 Å². The molecule has 0 radical (unpaired) electrons. The van der Waals surface area contributed by atoms with Gasteiger partial charge < -0.3 is 5.32 Å². The van der Waals surface area contributed by atoms with Crippen LogP contribution in [0.3, 0.4) is 0 Å². The van der Waals surface area contributed by atoms with E-state index in [1.54, 1.807) is 18.2 Å². The molecule has 3 aromatic rings. The van der Waals surface area contributed by atoms with Gasteiger partial charge in [-0.25, -0.2) is 8.78 Å². The summed E-state index contributed by atoms with van der Waals surface area (Å²) in [5.41, 5.74) is 1.60. The topological polar surface area (TPSA) is 57.8 Å². The molecule has 1 heterocycles. The van der Waals surface area contributed by atoms with Gasteiger partial charge in [0, 0.05) is 17.0 Å². The highest BCUT2D eigenvalue weighted by Crippen LogP contribution is 2.28. The van der Waals surface area contributed by atoms with Crippen molar-refractivity contribution in [2.45, 2.75) is 25.3 Å². The molecule has 122 valence electrons. The number of H-pyrrole nitrogens is 1. The Morgan fingerprint density at radius 3 is 2.79 bits per heavy atom. The number of fused-ring (bicyclic) bond motifs is 1. The standard InChI is InChI=1S/C18H15F2N3O/c19-14-6-2-5-12(16(14)20)10-7-8-15-13(9-10)17(23-22-15)18(24)21-11-3-1-4-11/h2,5-9,11H,1,3-4H2,(H,21,24)(H,22,23). The first-order chi connectivity index (χ1) is 11.6. The second-order valence-electron chi connectivity index (χ2n) is 6.04. The smallest absolute Gasteiger partial charge is 0.272 e. The fraction of sp³-hybridized carbons (Fsp3) is 0.222. The molecular weight excluding hydrogens is 312 g/mol. The molecule has 1 amide bonds. The summed E-state index contributed by atoms with van der Waals surface area (Å²) in [5.74, 6) is -2.05. The predicted molar refractivity (Wildman–Crippen MR) is 86.6 cm³/mol. The molecule has 0 spiro atoms. The number of rotatable bonds is 3. The van der Waals surface area contributed by atoms with E-state index in [-0.39, 0.29) is 23.2 Å². The van der Waals surface area contributed by atoms with Gasteiger partial charge in [0.2, 0.25) is 0 Å². The van der Waals surface area contributed by atoms with Crippen LogP contribution in [0.25, 0.3) is 22.0 Å². The van der Waals surface area contributed by atoms with E-state index in [1.165, 1.54) is 12.1 Å². The highest BCUT2D eigenvalue weighted by Gasteiger charge is 2.23. The van der Waals surface area contributed by atoms with Crippen molar-refractivity contribution in [1.82, 2.24) is 15.5 Å². The summed E-state index contributed by atoms with van der Waals surface area (Å²) < 4.78 is 27.5. The maximum atomic E-state index is 14.0. The number of carbonyl (C=O) groups excluding carboxylic acids is 1. The zero-order valence-corrected chi connectivity index (χ0v) is 12.8. The Balaban J connectivity index is 1.75. The highest BCUT2D eigenvalue weighted by molar-refractivity contribution is 6.05. The number of carbonyl (C=O) groups is 1. The van der Waals surface area contributed by atoms with Gasteiger partial charge in [0.05, 0.1) is 5.52 Å². The predicted octanol–water partition coefficient (Wildman–Crippen LogP) is 3.79. The third-order valence-corrected chi connectivity index (χ3v) is 4.48. The number of halogens is 2. The average molecular weight is 327 g/mol. The third-order valence-electron chi connectivity index (χ3n) is 4.48. The molecule has 24 heavy (non-hydrogen) atoms. The fourth-order valence-electron chi connectivity index (χ4n) is 2.89. The summed E-state index contributed by atoms with van der Waals surface area (Å²) in [6.07, 6.45) is 3.08. The number of hydrogen-bond acceptors (Lipinski definition) is 2. The Hall–Kier alpha value is -2.76. The van der Waals surface area contributed by atoms with E-state index < -0.39 is 11.6 Å². The number of nitrogens with zero attached hydrogens (tertiary/aromatic N) is 1. The molecular formula is C18H15F2N3O. The van der Waals surface area contributed by atoms with Crippen LogP contribution in [0.4, 0.5) is 8.78 Å². The second kappa shape index (κ2) is 5.70. The zero-order valence-electron chi connectivity index (χ0n) is 12.8. The molecule has 1 aliphatic carbocycles. The van der Waals surface area contributed by atoms with Crippen LogP contribution in [0.5, 0.6) is 0 Å². The minimum atomic E-state index is -0.902. The van der Waals surface area contributed by atoms with Crippen LogP contribution in [0.1, 0.15) is 29.8 Å². The Kier molecular flexibility index (Phi) is 3.52. The highest BCUT2D eigenvalue weighted by atomic mass is 19.2. The molecule has 1 aromatic heterocycles.